The molecule has 6 heteroatoms. The van der Waals surface area contributed by atoms with Gasteiger partial charge in [0.1, 0.15) is 5.82 Å². The van der Waals surface area contributed by atoms with Crippen LogP contribution in [-0.2, 0) is 4.79 Å². The third-order valence-electron chi connectivity index (χ3n) is 3.26. The Morgan fingerprint density at radius 3 is 2.84 bits per heavy atom. The predicted octanol–water partition coefficient (Wildman–Crippen LogP) is 1.69. The van der Waals surface area contributed by atoms with Gasteiger partial charge in [-0.05, 0) is 24.6 Å². The first-order valence-corrected chi connectivity index (χ1v) is 6.36. The van der Waals surface area contributed by atoms with Crippen LogP contribution in [0.3, 0.4) is 0 Å². The number of carbonyl (C=O) groups is 2. The van der Waals surface area contributed by atoms with Gasteiger partial charge in [-0.2, -0.15) is 0 Å². The second-order valence-corrected chi connectivity index (χ2v) is 4.89. The zero-order valence-electron chi connectivity index (χ0n) is 10.5. The summed E-state index contributed by atoms with van der Waals surface area (Å²) in [6.07, 6.45) is 0.639. The lowest BCUT2D eigenvalue weighted by atomic mass is 10.1. The highest BCUT2D eigenvalue weighted by Crippen LogP contribution is 2.21. The summed E-state index contributed by atoms with van der Waals surface area (Å²) in [7, 11) is 1.58. The summed E-state index contributed by atoms with van der Waals surface area (Å²) in [5.41, 5.74) is 0.337. The summed E-state index contributed by atoms with van der Waals surface area (Å²) in [6, 6.07) is 3.88. The molecule has 1 unspecified atom stereocenters. The van der Waals surface area contributed by atoms with Crippen LogP contribution in [0.5, 0.6) is 0 Å². The van der Waals surface area contributed by atoms with Crippen molar-refractivity contribution in [2.45, 2.75) is 6.42 Å². The summed E-state index contributed by atoms with van der Waals surface area (Å²) in [6.45, 7) is 0.902. The van der Waals surface area contributed by atoms with Crippen LogP contribution in [0.25, 0.3) is 0 Å². The number of hydrogen-bond donors (Lipinski definition) is 1. The molecule has 1 saturated heterocycles. The highest BCUT2D eigenvalue weighted by atomic mass is 35.5. The summed E-state index contributed by atoms with van der Waals surface area (Å²) in [5, 5.41) is 2.50. The van der Waals surface area contributed by atoms with Gasteiger partial charge in [0.05, 0.1) is 10.9 Å². The number of carbonyl (C=O) groups excluding carboxylic acids is 2. The Hall–Kier alpha value is -1.62. The van der Waals surface area contributed by atoms with E-state index in [-0.39, 0.29) is 22.8 Å². The predicted molar refractivity (Wildman–Crippen MR) is 69.5 cm³/mol. The highest BCUT2D eigenvalue weighted by Gasteiger charge is 2.31. The molecule has 1 heterocycles. The molecule has 2 amide bonds. The molecular weight excluding hydrogens is 271 g/mol. The van der Waals surface area contributed by atoms with Gasteiger partial charge >= 0.3 is 0 Å². The Morgan fingerprint density at radius 1 is 1.47 bits per heavy atom. The van der Waals surface area contributed by atoms with Gasteiger partial charge in [-0.25, -0.2) is 4.39 Å². The summed E-state index contributed by atoms with van der Waals surface area (Å²) >= 11 is 5.66. The lowest BCUT2D eigenvalue weighted by Gasteiger charge is -2.16. The number of benzene rings is 1. The molecule has 1 aliphatic rings. The van der Waals surface area contributed by atoms with Gasteiger partial charge in [0.25, 0.3) is 5.91 Å². The van der Waals surface area contributed by atoms with Crippen molar-refractivity contribution in [3.8, 4) is 0 Å². The van der Waals surface area contributed by atoms with E-state index in [4.69, 9.17) is 11.6 Å². The van der Waals surface area contributed by atoms with Gasteiger partial charge < -0.3 is 10.2 Å². The molecule has 1 aliphatic heterocycles. The molecule has 2 rings (SSSR count). The van der Waals surface area contributed by atoms with Gasteiger partial charge in [0.15, 0.2) is 0 Å². The molecule has 0 bridgehead atoms. The molecule has 0 spiro atoms. The van der Waals surface area contributed by atoms with Crippen molar-refractivity contribution in [1.29, 1.82) is 0 Å². The molecule has 1 aromatic rings. The van der Waals surface area contributed by atoms with Gasteiger partial charge in [-0.15, -0.1) is 0 Å². The largest absolute Gasteiger partial charge is 0.359 e. The Balaban J connectivity index is 2.09. The SMILES string of the molecule is CNC(=O)C1CCN(C(=O)c2ccc(F)c(Cl)c2)C1. The smallest absolute Gasteiger partial charge is 0.253 e. The first-order chi connectivity index (χ1) is 9.02. The fraction of sp³-hybridized carbons (Fsp3) is 0.385. The third-order valence-corrected chi connectivity index (χ3v) is 3.55. The van der Waals surface area contributed by atoms with Crippen molar-refractivity contribution < 1.29 is 14.0 Å². The maximum atomic E-state index is 13.0. The number of rotatable bonds is 2. The first-order valence-electron chi connectivity index (χ1n) is 5.99. The van der Waals surface area contributed by atoms with Crippen molar-refractivity contribution in [3.05, 3.63) is 34.6 Å². The van der Waals surface area contributed by atoms with Crippen LogP contribution in [0, 0.1) is 11.7 Å². The van der Waals surface area contributed by atoms with Gasteiger partial charge in [0, 0.05) is 25.7 Å². The van der Waals surface area contributed by atoms with Crippen molar-refractivity contribution >= 4 is 23.4 Å². The van der Waals surface area contributed by atoms with Crippen LogP contribution in [0.1, 0.15) is 16.8 Å². The van der Waals surface area contributed by atoms with E-state index in [0.29, 0.717) is 25.1 Å². The van der Waals surface area contributed by atoms with E-state index in [1.807, 2.05) is 0 Å². The minimum Gasteiger partial charge on any atom is -0.359 e. The molecule has 4 nitrogen and oxygen atoms in total. The topological polar surface area (TPSA) is 49.4 Å². The number of likely N-dealkylation sites (tertiary alicyclic amines) is 1. The zero-order valence-corrected chi connectivity index (χ0v) is 11.2. The lowest BCUT2D eigenvalue weighted by Crippen LogP contribution is -2.33. The van der Waals surface area contributed by atoms with Crippen LogP contribution < -0.4 is 5.32 Å². The summed E-state index contributed by atoms with van der Waals surface area (Å²) in [5.74, 6) is -1.02. The van der Waals surface area contributed by atoms with Crippen LogP contribution in [0.2, 0.25) is 5.02 Å². The molecule has 0 aliphatic carbocycles. The molecule has 1 N–H and O–H groups in total. The monoisotopic (exact) mass is 284 g/mol. The van der Waals surface area contributed by atoms with Gasteiger partial charge in [-0.1, -0.05) is 11.6 Å². The standard InChI is InChI=1S/C13H14ClFN2O2/c1-16-12(18)9-4-5-17(7-9)13(19)8-2-3-11(15)10(14)6-8/h2-3,6,9H,4-5,7H2,1H3,(H,16,18). The number of nitrogens with one attached hydrogen (secondary N) is 1. The molecule has 1 fully saturated rings. The van der Waals surface area contributed by atoms with Crippen molar-refractivity contribution in [2.24, 2.45) is 5.92 Å². The van der Waals surface area contributed by atoms with Crippen LogP contribution in [-0.4, -0.2) is 36.9 Å². The Kier molecular flexibility index (Phi) is 4.04. The molecule has 1 aromatic carbocycles. The number of nitrogens with zero attached hydrogens (tertiary/aromatic N) is 1. The van der Waals surface area contributed by atoms with E-state index in [2.05, 4.69) is 5.32 Å². The van der Waals surface area contributed by atoms with E-state index >= 15 is 0 Å². The van der Waals surface area contributed by atoms with Crippen molar-refractivity contribution in [2.75, 3.05) is 20.1 Å². The zero-order chi connectivity index (χ0) is 14.0. The second-order valence-electron chi connectivity index (χ2n) is 4.48. The van der Waals surface area contributed by atoms with E-state index in [1.54, 1.807) is 11.9 Å². The van der Waals surface area contributed by atoms with E-state index < -0.39 is 5.82 Å². The number of halogens is 2. The van der Waals surface area contributed by atoms with Crippen molar-refractivity contribution in [1.82, 2.24) is 10.2 Å². The van der Waals surface area contributed by atoms with Crippen LogP contribution >= 0.6 is 11.6 Å². The molecule has 1 atom stereocenters. The maximum Gasteiger partial charge on any atom is 0.253 e. The molecular formula is C13H14ClFN2O2. The summed E-state index contributed by atoms with van der Waals surface area (Å²) in [4.78, 5) is 25.3. The lowest BCUT2D eigenvalue weighted by molar-refractivity contribution is -0.124. The van der Waals surface area contributed by atoms with Gasteiger partial charge in [0.2, 0.25) is 5.91 Å². The van der Waals surface area contributed by atoms with Gasteiger partial charge in [-0.3, -0.25) is 9.59 Å². The summed E-state index contributed by atoms with van der Waals surface area (Å²) < 4.78 is 13.0. The van der Waals surface area contributed by atoms with E-state index in [9.17, 15) is 14.0 Å². The Bertz CT molecular complexity index is 521. The number of amides is 2. The molecule has 19 heavy (non-hydrogen) atoms. The Labute approximate surface area is 115 Å². The Morgan fingerprint density at radius 2 is 2.21 bits per heavy atom. The molecule has 0 saturated carbocycles. The van der Waals surface area contributed by atoms with E-state index in [0.717, 1.165) is 0 Å². The second kappa shape index (κ2) is 5.57. The van der Waals surface area contributed by atoms with E-state index in [1.165, 1.54) is 18.2 Å². The van der Waals surface area contributed by atoms with Crippen LogP contribution in [0.15, 0.2) is 18.2 Å². The third kappa shape index (κ3) is 2.87. The first kappa shape index (κ1) is 13.8. The minimum atomic E-state index is -0.553. The van der Waals surface area contributed by atoms with Crippen molar-refractivity contribution in [3.63, 3.8) is 0 Å². The molecule has 0 radical (unpaired) electrons. The average Bonchev–Trinajstić information content (AvgIpc) is 2.89. The quantitative estimate of drug-likeness (QED) is 0.898. The minimum absolute atomic E-state index is 0.0626. The van der Waals surface area contributed by atoms with Crippen LogP contribution in [0.4, 0.5) is 4.39 Å². The molecule has 102 valence electrons. The molecule has 0 aromatic heterocycles. The fourth-order valence-corrected chi connectivity index (χ4v) is 2.36. The fourth-order valence-electron chi connectivity index (χ4n) is 2.17. The normalized spacial score (nSPS) is 18.5. The number of hydrogen-bond acceptors (Lipinski definition) is 2. The highest BCUT2D eigenvalue weighted by molar-refractivity contribution is 6.31. The average molecular weight is 285 g/mol. The maximum absolute atomic E-state index is 13.0.